The van der Waals surface area contributed by atoms with E-state index < -0.39 is 0 Å². The van der Waals surface area contributed by atoms with Crippen LogP contribution in [0.25, 0.3) is 0 Å². The number of rotatable bonds is 1. The number of benzene rings is 1. The van der Waals surface area contributed by atoms with Crippen LogP contribution in [0.1, 0.15) is 5.56 Å². The van der Waals surface area contributed by atoms with Crippen molar-refractivity contribution in [1.29, 1.82) is 0 Å². The van der Waals surface area contributed by atoms with Crippen molar-refractivity contribution in [2.75, 3.05) is 11.4 Å². The van der Waals surface area contributed by atoms with Crippen LogP contribution in [0.4, 0.5) is 10.5 Å². The quantitative estimate of drug-likeness (QED) is 0.790. The summed E-state index contributed by atoms with van der Waals surface area (Å²) in [6.07, 6.45) is 0. The van der Waals surface area contributed by atoms with E-state index in [-0.39, 0.29) is 18.5 Å². The van der Waals surface area contributed by atoms with Crippen LogP contribution in [0.2, 0.25) is 0 Å². The third-order valence-electron chi connectivity index (χ3n) is 2.26. The topological polar surface area (TPSA) is 49.4 Å². The molecular weight excluding hydrogens is 260 g/mol. The molecule has 3 amide bonds. The predicted octanol–water partition coefficient (Wildman–Crippen LogP) is 1.81. The predicted molar refractivity (Wildman–Crippen MR) is 59.8 cm³/mol. The first-order valence-electron chi connectivity index (χ1n) is 4.45. The van der Waals surface area contributed by atoms with Gasteiger partial charge in [0.2, 0.25) is 5.91 Å². The van der Waals surface area contributed by atoms with Crippen LogP contribution < -0.4 is 10.2 Å². The second kappa shape index (κ2) is 3.66. The second-order valence-electron chi connectivity index (χ2n) is 3.37. The standard InChI is InChI=1S/C10H9BrN2O2/c1-6-2-3-7(11)4-8(6)13-5-9(14)12-10(13)15/h2-4H,5H2,1H3,(H,12,14,15). The lowest BCUT2D eigenvalue weighted by Crippen LogP contribution is -2.28. The monoisotopic (exact) mass is 268 g/mol. The average molecular weight is 269 g/mol. The number of imide groups is 1. The summed E-state index contributed by atoms with van der Waals surface area (Å²) in [5.74, 6) is -0.264. The number of halogens is 1. The lowest BCUT2D eigenvalue weighted by molar-refractivity contribution is -0.117. The Hall–Kier alpha value is -1.36. The molecule has 1 aromatic carbocycles. The van der Waals surface area contributed by atoms with E-state index in [9.17, 15) is 9.59 Å². The molecule has 1 heterocycles. The zero-order valence-corrected chi connectivity index (χ0v) is 9.67. The largest absolute Gasteiger partial charge is 0.329 e. The van der Waals surface area contributed by atoms with Crippen molar-refractivity contribution in [3.63, 3.8) is 0 Å². The Bertz CT molecular complexity index is 445. The molecule has 0 bridgehead atoms. The van der Waals surface area contributed by atoms with Gasteiger partial charge in [-0.2, -0.15) is 0 Å². The van der Waals surface area contributed by atoms with E-state index in [2.05, 4.69) is 21.2 Å². The Morgan fingerprint density at radius 3 is 2.73 bits per heavy atom. The molecule has 4 nitrogen and oxygen atoms in total. The summed E-state index contributed by atoms with van der Waals surface area (Å²) in [6, 6.07) is 5.26. The number of hydrogen-bond acceptors (Lipinski definition) is 2. The third-order valence-corrected chi connectivity index (χ3v) is 2.75. The van der Waals surface area contributed by atoms with Crippen LogP contribution in [0, 0.1) is 6.92 Å². The number of amides is 3. The second-order valence-corrected chi connectivity index (χ2v) is 4.29. The number of nitrogens with one attached hydrogen (secondary N) is 1. The van der Waals surface area contributed by atoms with Crippen molar-refractivity contribution in [1.82, 2.24) is 5.32 Å². The number of anilines is 1. The van der Waals surface area contributed by atoms with Gasteiger partial charge >= 0.3 is 6.03 Å². The van der Waals surface area contributed by atoms with Crippen LogP contribution in [-0.4, -0.2) is 18.5 Å². The first-order chi connectivity index (χ1) is 7.08. The van der Waals surface area contributed by atoms with Crippen molar-refractivity contribution in [3.8, 4) is 0 Å². The van der Waals surface area contributed by atoms with Crippen molar-refractivity contribution in [2.45, 2.75) is 6.92 Å². The molecule has 1 N–H and O–H groups in total. The van der Waals surface area contributed by atoms with E-state index in [1.165, 1.54) is 4.90 Å². The van der Waals surface area contributed by atoms with Gasteiger partial charge in [0.1, 0.15) is 6.54 Å². The molecule has 1 aliphatic rings. The molecule has 0 aliphatic carbocycles. The summed E-state index contributed by atoms with van der Waals surface area (Å²) in [5, 5.41) is 2.24. The van der Waals surface area contributed by atoms with Crippen LogP contribution in [0.15, 0.2) is 22.7 Å². The fraction of sp³-hybridized carbons (Fsp3) is 0.200. The van der Waals surface area contributed by atoms with Gasteiger partial charge in [-0.25, -0.2) is 4.79 Å². The molecule has 0 atom stereocenters. The highest BCUT2D eigenvalue weighted by atomic mass is 79.9. The van der Waals surface area contributed by atoms with Gasteiger partial charge in [0.25, 0.3) is 0 Å². The summed E-state index contributed by atoms with van der Waals surface area (Å²) >= 11 is 3.34. The minimum Gasteiger partial charge on any atom is -0.284 e. The van der Waals surface area contributed by atoms with Crippen LogP contribution in [0.5, 0.6) is 0 Å². The minimum absolute atomic E-state index is 0.0934. The Kier molecular flexibility index (Phi) is 2.48. The van der Waals surface area contributed by atoms with Gasteiger partial charge in [-0.05, 0) is 24.6 Å². The molecule has 5 heteroatoms. The first kappa shape index (κ1) is 10.2. The fourth-order valence-corrected chi connectivity index (χ4v) is 1.86. The van der Waals surface area contributed by atoms with Crippen LogP contribution in [-0.2, 0) is 4.79 Å². The summed E-state index contributed by atoms with van der Waals surface area (Å²) in [5.41, 5.74) is 1.72. The lowest BCUT2D eigenvalue weighted by Gasteiger charge is -2.16. The number of nitrogens with zero attached hydrogens (tertiary/aromatic N) is 1. The summed E-state index contributed by atoms with van der Waals surface area (Å²) < 4.78 is 0.884. The van der Waals surface area contributed by atoms with Gasteiger partial charge in [0.15, 0.2) is 0 Å². The van der Waals surface area contributed by atoms with Gasteiger partial charge in [0.05, 0.1) is 5.69 Å². The van der Waals surface area contributed by atoms with Crippen molar-refractivity contribution >= 4 is 33.6 Å². The molecule has 15 heavy (non-hydrogen) atoms. The van der Waals surface area contributed by atoms with Gasteiger partial charge in [0, 0.05) is 4.47 Å². The molecule has 1 aromatic rings. The SMILES string of the molecule is Cc1ccc(Br)cc1N1CC(=O)NC1=O. The lowest BCUT2D eigenvalue weighted by atomic mass is 10.2. The normalized spacial score (nSPS) is 15.7. The maximum Gasteiger partial charge on any atom is 0.329 e. The maximum absolute atomic E-state index is 11.4. The molecule has 1 fully saturated rings. The van der Waals surface area contributed by atoms with E-state index in [0.717, 1.165) is 15.7 Å². The molecule has 1 aliphatic heterocycles. The van der Waals surface area contributed by atoms with Gasteiger partial charge in [-0.3, -0.25) is 15.0 Å². The highest BCUT2D eigenvalue weighted by Gasteiger charge is 2.28. The highest BCUT2D eigenvalue weighted by Crippen LogP contribution is 2.25. The average Bonchev–Trinajstić information content (AvgIpc) is 2.50. The molecule has 1 saturated heterocycles. The Balaban J connectivity index is 2.41. The molecule has 0 spiro atoms. The van der Waals surface area contributed by atoms with Gasteiger partial charge < -0.3 is 0 Å². The number of aryl methyl sites for hydroxylation is 1. The molecular formula is C10H9BrN2O2. The van der Waals surface area contributed by atoms with Gasteiger partial charge in [-0.15, -0.1) is 0 Å². The van der Waals surface area contributed by atoms with E-state index in [1.54, 1.807) is 0 Å². The molecule has 0 radical (unpaired) electrons. The third kappa shape index (κ3) is 1.87. The smallest absolute Gasteiger partial charge is 0.284 e. The Labute approximate surface area is 95.4 Å². The van der Waals surface area contributed by atoms with Crippen molar-refractivity contribution in [2.24, 2.45) is 0 Å². The summed E-state index contributed by atoms with van der Waals surface area (Å²) in [4.78, 5) is 23.9. The highest BCUT2D eigenvalue weighted by molar-refractivity contribution is 9.10. The molecule has 78 valence electrons. The minimum atomic E-state index is -0.360. The zero-order chi connectivity index (χ0) is 11.0. The number of carbonyl (C=O) groups is 2. The zero-order valence-electron chi connectivity index (χ0n) is 8.08. The maximum atomic E-state index is 11.4. The van der Waals surface area contributed by atoms with Crippen molar-refractivity contribution in [3.05, 3.63) is 28.2 Å². The number of hydrogen-bond donors (Lipinski definition) is 1. The van der Waals surface area contributed by atoms with E-state index in [0.29, 0.717) is 0 Å². The van der Waals surface area contributed by atoms with Gasteiger partial charge in [-0.1, -0.05) is 22.0 Å². The fourth-order valence-electron chi connectivity index (χ4n) is 1.51. The Morgan fingerprint density at radius 1 is 1.40 bits per heavy atom. The van der Waals surface area contributed by atoms with E-state index in [1.807, 2.05) is 25.1 Å². The number of urea groups is 1. The van der Waals surface area contributed by atoms with E-state index >= 15 is 0 Å². The molecule has 0 saturated carbocycles. The first-order valence-corrected chi connectivity index (χ1v) is 5.25. The van der Waals surface area contributed by atoms with Crippen molar-refractivity contribution < 1.29 is 9.59 Å². The number of carbonyl (C=O) groups excluding carboxylic acids is 2. The van der Waals surface area contributed by atoms with E-state index in [4.69, 9.17) is 0 Å². The summed E-state index contributed by atoms with van der Waals surface area (Å²) in [7, 11) is 0. The Morgan fingerprint density at radius 2 is 2.13 bits per heavy atom. The van der Waals surface area contributed by atoms with Crippen LogP contribution >= 0.6 is 15.9 Å². The molecule has 0 aromatic heterocycles. The summed E-state index contributed by atoms with van der Waals surface area (Å²) in [6.45, 7) is 1.99. The molecule has 2 rings (SSSR count). The molecule has 0 unspecified atom stereocenters. The van der Waals surface area contributed by atoms with Crippen LogP contribution in [0.3, 0.4) is 0 Å².